The lowest BCUT2D eigenvalue weighted by atomic mass is 10.0. The van der Waals surface area contributed by atoms with E-state index in [0.29, 0.717) is 12.1 Å². The number of alkyl carbamates (subject to hydrolysis) is 1. The number of esters is 1. The van der Waals surface area contributed by atoms with E-state index in [2.05, 4.69) is 26.0 Å². The number of methoxy groups -OCH3 is 1. The molecule has 3 N–H and O–H groups in total. The highest BCUT2D eigenvalue weighted by Crippen LogP contribution is 2.21. The van der Waals surface area contributed by atoms with Gasteiger partial charge in [0.15, 0.2) is 0 Å². The van der Waals surface area contributed by atoms with Crippen LogP contribution in [0, 0.1) is 0 Å². The molecule has 1 amide bonds. The van der Waals surface area contributed by atoms with Crippen molar-refractivity contribution < 1.29 is 19.1 Å². The number of carbonyl (C=O) groups excluding carboxylic acids is 2. The number of ether oxygens (including phenoxy) is 2. The zero-order valence-corrected chi connectivity index (χ0v) is 15.4. The Kier molecular flexibility index (Phi) is 6.87. The molecular weight excluding hydrogens is 364 g/mol. The fraction of sp³-hybridized carbons (Fsp3) is 0.500. The lowest BCUT2D eigenvalue weighted by Crippen LogP contribution is -2.41. The second-order valence-electron chi connectivity index (χ2n) is 6.17. The minimum atomic E-state index is -0.616. The average molecular weight is 387 g/mol. The summed E-state index contributed by atoms with van der Waals surface area (Å²) in [6.07, 6.45) is -0.165. The first kappa shape index (κ1) is 19.3. The summed E-state index contributed by atoms with van der Waals surface area (Å²) in [6.45, 7) is 5.32. The molecule has 1 rings (SSSR count). The van der Waals surface area contributed by atoms with Gasteiger partial charge in [0.05, 0.1) is 13.5 Å². The van der Waals surface area contributed by atoms with E-state index < -0.39 is 23.7 Å². The van der Waals surface area contributed by atoms with Gasteiger partial charge in [0.25, 0.3) is 0 Å². The van der Waals surface area contributed by atoms with E-state index in [9.17, 15) is 9.59 Å². The quantitative estimate of drug-likeness (QED) is 0.599. The molecule has 1 aromatic carbocycles. The lowest BCUT2D eigenvalue weighted by Gasteiger charge is -2.23. The number of nitrogen functional groups attached to an aromatic ring is 1. The summed E-state index contributed by atoms with van der Waals surface area (Å²) in [4.78, 5) is 23.5. The molecule has 7 heteroatoms. The molecule has 0 aliphatic rings. The number of carbonyl (C=O) groups is 2. The fourth-order valence-corrected chi connectivity index (χ4v) is 2.36. The van der Waals surface area contributed by atoms with Gasteiger partial charge in [-0.25, -0.2) is 4.79 Å². The van der Waals surface area contributed by atoms with Gasteiger partial charge in [-0.3, -0.25) is 4.79 Å². The molecule has 0 aliphatic carbocycles. The topological polar surface area (TPSA) is 90.6 Å². The summed E-state index contributed by atoms with van der Waals surface area (Å²) >= 11 is 3.38. The van der Waals surface area contributed by atoms with Crippen molar-refractivity contribution in [1.82, 2.24) is 5.32 Å². The molecule has 128 valence electrons. The van der Waals surface area contributed by atoms with Crippen molar-refractivity contribution in [3.63, 3.8) is 0 Å². The Morgan fingerprint density at radius 3 is 2.57 bits per heavy atom. The largest absolute Gasteiger partial charge is 0.469 e. The van der Waals surface area contributed by atoms with Gasteiger partial charge in [-0.05, 0) is 51.0 Å². The highest BCUT2D eigenvalue weighted by molar-refractivity contribution is 9.10. The van der Waals surface area contributed by atoms with Crippen LogP contribution in [0.1, 0.15) is 32.8 Å². The highest BCUT2D eigenvalue weighted by Gasteiger charge is 2.22. The SMILES string of the molecule is COC(=O)CC(Cc1cc(Br)ccc1N)NC(=O)OC(C)(C)C. The predicted molar refractivity (Wildman–Crippen MR) is 92.0 cm³/mol. The highest BCUT2D eigenvalue weighted by atomic mass is 79.9. The third-order valence-electron chi connectivity index (χ3n) is 2.93. The molecule has 0 aliphatic heterocycles. The number of halogens is 1. The molecule has 23 heavy (non-hydrogen) atoms. The van der Waals surface area contributed by atoms with E-state index in [4.69, 9.17) is 10.5 Å². The van der Waals surface area contributed by atoms with E-state index in [1.54, 1.807) is 26.8 Å². The van der Waals surface area contributed by atoms with E-state index in [1.807, 2.05) is 12.1 Å². The zero-order valence-electron chi connectivity index (χ0n) is 13.8. The normalized spacial score (nSPS) is 12.4. The maximum atomic E-state index is 12.0. The average Bonchev–Trinajstić information content (AvgIpc) is 2.40. The molecule has 1 unspecified atom stereocenters. The van der Waals surface area contributed by atoms with Gasteiger partial charge in [0, 0.05) is 16.2 Å². The number of anilines is 1. The van der Waals surface area contributed by atoms with Crippen molar-refractivity contribution in [2.24, 2.45) is 0 Å². The predicted octanol–water partition coefficient (Wildman–Crippen LogP) is 3.03. The molecule has 0 aromatic heterocycles. The van der Waals surface area contributed by atoms with Crippen LogP contribution in [0.3, 0.4) is 0 Å². The van der Waals surface area contributed by atoms with Crippen LogP contribution >= 0.6 is 15.9 Å². The molecule has 0 saturated heterocycles. The minimum absolute atomic E-state index is 0.0295. The maximum Gasteiger partial charge on any atom is 0.407 e. The van der Waals surface area contributed by atoms with Crippen LogP contribution in [0.5, 0.6) is 0 Å². The van der Waals surface area contributed by atoms with Crippen molar-refractivity contribution in [2.45, 2.75) is 45.3 Å². The zero-order chi connectivity index (χ0) is 17.6. The summed E-state index contributed by atoms with van der Waals surface area (Å²) in [5, 5.41) is 2.70. The number of nitrogens with two attached hydrogens (primary N) is 1. The summed E-state index contributed by atoms with van der Waals surface area (Å²) < 4.78 is 10.8. The third-order valence-corrected chi connectivity index (χ3v) is 3.43. The number of rotatable bonds is 5. The van der Waals surface area contributed by atoms with E-state index in [0.717, 1.165) is 10.0 Å². The Bertz CT molecular complexity index is 570. The van der Waals surface area contributed by atoms with Crippen LogP contribution < -0.4 is 11.1 Å². The van der Waals surface area contributed by atoms with Crippen molar-refractivity contribution in [3.05, 3.63) is 28.2 Å². The number of amides is 1. The second-order valence-corrected chi connectivity index (χ2v) is 7.09. The first-order valence-corrected chi connectivity index (χ1v) is 8.00. The van der Waals surface area contributed by atoms with Crippen LogP contribution in [0.15, 0.2) is 22.7 Å². The molecule has 0 fully saturated rings. The van der Waals surface area contributed by atoms with Crippen molar-refractivity contribution >= 4 is 33.7 Å². The fourth-order valence-electron chi connectivity index (χ4n) is 1.95. The van der Waals surface area contributed by atoms with E-state index >= 15 is 0 Å². The van der Waals surface area contributed by atoms with Crippen molar-refractivity contribution in [2.75, 3.05) is 12.8 Å². The molecule has 0 bridgehead atoms. The Morgan fingerprint density at radius 2 is 2.00 bits per heavy atom. The van der Waals surface area contributed by atoms with Gasteiger partial charge in [-0.15, -0.1) is 0 Å². The summed E-state index contributed by atoms with van der Waals surface area (Å²) in [5.74, 6) is -0.417. The number of hydrogen-bond acceptors (Lipinski definition) is 5. The molecular formula is C16H23BrN2O4. The minimum Gasteiger partial charge on any atom is -0.469 e. The van der Waals surface area contributed by atoms with Crippen LogP contribution in [-0.4, -0.2) is 30.8 Å². The summed E-state index contributed by atoms with van der Waals surface area (Å²) in [6, 6.07) is 4.97. The Labute approximate surface area is 144 Å². The Balaban J connectivity index is 2.85. The molecule has 6 nitrogen and oxygen atoms in total. The van der Waals surface area contributed by atoms with E-state index in [-0.39, 0.29) is 6.42 Å². The van der Waals surface area contributed by atoms with Crippen LogP contribution in [-0.2, 0) is 20.7 Å². The molecule has 1 aromatic rings. The van der Waals surface area contributed by atoms with Crippen LogP contribution in [0.2, 0.25) is 0 Å². The van der Waals surface area contributed by atoms with Gasteiger partial charge in [0.2, 0.25) is 0 Å². The van der Waals surface area contributed by atoms with Crippen molar-refractivity contribution in [1.29, 1.82) is 0 Å². The summed E-state index contributed by atoms with van der Waals surface area (Å²) in [5.41, 5.74) is 6.75. The Hall–Kier alpha value is -1.76. The molecule has 0 spiro atoms. The van der Waals surface area contributed by atoms with E-state index in [1.165, 1.54) is 7.11 Å². The van der Waals surface area contributed by atoms with Gasteiger partial charge in [-0.1, -0.05) is 15.9 Å². The second kappa shape index (κ2) is 8.19. The van der Waals surface area contributed by atoms with Gasteiger partial charge < -0.3 is 20.5 Å². The first-order valence-electron chi connectivity index (χ1n) is 7.21. The maximum absolute atomic E-state index is 12.0. The van der Waals surface area contributed by atoms with Crippen LogP contribution in [0.4, 0.5) is 10.5 Å². The first-order chi connectivity index (χ1) is 10.6. The van der Waals surface area contributed by atoms with Gasteiger partial charge in [-0.2, -0.15) is 0 Å². The number of hydrogen-bond donors (Lipinski definition) is 2. The molecule has 0 radical (unpaired) electrons. The third kappa shape index (κ3) is 7.36. The van der Waals surface area contributed by atoms with Crippen LogP contribution in [0.25, 0.3) is 0 Å². The monoisotopic (exact) mass is 386 g/mol. The molecule has 1 atom stereocenters. The molecule has 0 heterocycles. The Morgan fingerprint density at radius 1 is 1.35 bits per heavy atom. The van der Waals surface area contributed by atoms with Gasteiger partial charge >= 0.3 is 12.1 Å². The smallest absolute Gasteiger partial charge is 0.407 e. The molecule has 0 saturated carbocycles. The number of nitrogens with one attached hydrogen (secondary N) is 1. The van der Waals surface area contributed by atoms with Crippen molar-refractivity contribution in [3.8, 4) is 0 Å². The lowest BCUT2D eigenvalue weighted by molar-refractivity contribution is -0.141. The standard InChI is InChI=1S/C16H23BrN2O4/c1-16(2,3)23-15(21)19-12(9-14(20)22-4)8-10-7-11(17)5-6-13(10)18/h5-7,12H,8-9,18H2,1-4H3,(H,19,21). The summed E-state index contributed by atoms with van der Waals surface area (Å²) in [7, 11) is 1.31. The number of benzene rings is 1. The van der Waals surface area contributed by atoms with Gasteiger partial charge in [0.1, 0.15) is 5.60 Å².